The van der Waals surface area contributed by atoms with Crippen LogP contribution in [-0.2, 0) is 6.54 Å². The maximum Gasteiger partial charge on any atom is 0.191 e. The fourth-order valence-electron chi connectivity index (χ4n) is 2.73. The molecule has 1 aromatic rings. The number of nitrogens with one attached hydrogen (secondary N) is 2. The maximum atomic E-state index is 4.55. The normalized spacial score (nSPS) is 22.6. The second kappa shape index (κ2) is 8.92. The smallest absolute Gasteiger partial charge is 0.191 e. The van der Waals surface area contributed by atoms with Crippen LogP contribution in [0.25, 0.3) is 0 Å². The Kier molecular flexibility index (Phi) is 7.94. The Morgan fingerprint density at radius 2 is 2.14 bits per heavy atom. The third-order valence-electron chi connectivity index (χ3n) is 3.98. The van der Waals surface area contributed by atoms with E-state index in [1.165, 1.54) is 30.6 Å². The lowest BCUT2D eigenvalue weighted by Crippen LogP contribution is -2.44. The molecule has 2 N–H and O–H groups in total. The molecule has 0 amide bonds. The molecule has 0 radical (unpaired) electrons. The summed E-state index contributed by atoms with van der Waals surface area (Å²) in [5.74, 6) is 1.72. The zero-order valence-corrected chi connectivity index (χ0v) is 16.5. The summed E-state index contributed by atoms with van der Waals surface area (Å²) in [7, 11) is 1.83. The van der Waals surface area contributed by atoms with Crippen molar-refractivity contribution < 1.29 is 0 Å². The topological polar surface area (TPSA) is 49.3 Å². The SMILES string of the molecule is CN=C(NCc1nc(C)c(C)s1)NC1CCCC(C)C1.I. The van der Waals surface area contributed by atoms with E-state index in [9.17, 15) is 0 Å². The van der Waals surface area contributed by atoms with Gasteiger partial charge in [0, 0.05) is 18.0 Å². The van der Waals surface area contributed by atoms with Gasteiger partial charge in [-0.3, -0.25) is 4.99 Å². The number of thiazole rings is 1. The number of halogens is 1. The predicted octanol–water partition coefficient (Wildman–Crippen LogP) is 3.62. The van der Waals surface area contributed by atoms with E-state index < -0.39 is 0 Å². The number of aliphatic imine (C=N–C) groups is 1. The van der Waals surface area contributed by atoms with Gasteiger partial charge in [0.2, 0.25) is 0 Å². The van der Waals surface area contributed by atoms with Crippen LogP contribution in [0.4, 0.5) is 0 Å². The van der Waals surface area contributed by atoms with Crippen LogP contribution in [0.3, 0.4) is 0 Å². The first-order valence-electron chi connectivity index (χ1n) is 7.48. The van der Waals surface area contributed by atoms with Crippen molar-refractivity contribution in [3.63, 3.8) is 0 Å². The van der Waals surface area contributed by atoms with Crippen molar-refractivity contribution in [1.82, 2.24) is 15.6 Å². The first-order chi connectivity index (χ1) is 9.58. The second-order valence-electron chi connectivity index (χ2n) is 5.79. The molecule has 1 saturated carbocycles. The molecule has 2 unspecified atom stereocenters. The number of aryl methyl sites for hydroxylation is 2. The van der Waals surface area contributed by atoms with Crippen LogP contribution >= 0.6 is 35.3 Å². The summed E-state index contributed by atoms with van der Waals surface area (Å²) in [6, 6.07) is 0.560. The molecule has 1 aliphatic carbocycles. The van der Waals surface area contributed by atoms with Crippen molar-refractivity contribution in [1.29, 1.82) is 0 Å². The predicted molar refractivity (Wildman–Crippen MR) is 102 cm³/mol. The Morgan fingerprint density at radius 1 is 1.38 bits per heavy atom. The molecule has 0 bridgehead atoms. The molecule has 2 rings (SSSR count). The standard InChI is InChI=1S/C15H26N4S.HI/c1-10-6-5-7-13(8-10)19-15(16-4)17-9-14-18-11(2)12(3)20-14;/h10,13H,5-9H2,1-4H3,(H2,16,17,19);1H. The first-order valence-corrected chi connectivity index (χ1v) is 8.30. The molecular weight excluding hydrogens is 395 g/mol. The zero-order chi connectivity index (χ0) is 14.5. The van der Waals surface area contributed by atoms with Gasteiger partial charge in [-0.15, -0.1) is 35.3 Å². The van der Waals surface area contributed by atoms with E-state index >= 15 is 0 Å². The summed E-state index contributed by atoms with van der Waals surface area (Å²) >= 11 is 1.76. The van der Waals surface area contributed by atoms with Crippen LogP contribution in [0.5, 0.6) is 0 Å². The van der Waals surface area contributed by atoms with E-state index in [1.54, 1.807) is 11.3 Å². The summed E-state index contributed by atoms with van der Waals surface area (Å²) in [4.78, 5) is 10.2. The third kappa shape index (κ3) is 5.73. The minimum absolute atomic E-state index is 0. The Morgan fingerprint density at radius 3 is 2.71 bits per heavy atom. The molecule has 0 aliphatic heterocycles. The lowest BCUT2D eigenvalue weighted by atomic mass is 9.87. The highest BCUT2D eigenvalue weighted by Gasteiger charge is 2.19. The van der Waals surface area contributed by atoms with E-state index in [0.29, 0.717) is 6.04 Å². The van der Waals surface area contributed by atoms with E-state index in [0.717, 1.165) is 29.1 Å². The average molecular weight is 422 g/mol. The van der Waals surface area contributed by atoms with Crippen LogP contribution in [0.1, 0.15) is 48.2 Å². The molecular formula is C15H27IN4S. The Bertz CT molecular complexity index is 453. The van der Waals surface area contributed by atoms with Gasteiger partial charge >= 0.3 is 0 Å². The van der Waals surface area contributed by atoms with Crippen LogP contribution < -0.4 is 10.6 Å². The number of nitrogens with zero attached hydrogens (tertiary/aromatic N) is 2. The van der Waals surface area contributed by atoms with E-state index in [-0.39, 0.29) is 24.0 Å². The average Bonchev–Trinajstić information content (AvgIpc) is 2.74. The molecule has 0 aromatic carbocycles. The van der Waals surface area contributed by atoms with Crippen LogP contribution in [0.2, 0.25) is 0 Å². The first kappa shape index (κ1) is 18.7. The lowest BCUT2D eigenvalue weighted by molar-refractivity contribution is 0.324. The van der Waals surface area contributed by atoms with E-state index in [1.807, 2.05) is 7.05 Å². The van der Waals surface area contributed by atoms with Gasteiger partial charge < -0.3 is 10.6 Å². The molecule has 4 nitrogen and oxygen atoms in total. The molecule has 1 aliphatic rings. The van der Waals surface area contributed by atoms with E-state index in [2.05, 4.69) is 41.4 Å². The zero-order valence-electron chi connectivity index (χ0n) is 13.4. The number of aromatic nitrogens is 1. The lowest BCUT2D eigenvalue weighted by Gasteiger charge is -2.28. The van der Waals surface area contributed by atoms with Gasteiger partial charge in [-0.05, 0) is 32.6 Å². The van der Waals surface area contributed by atoms with Crippen molar-refractivity contribution in [3.8, 4) is 0 Å². The second-order valence-corrected chi connectivity index (χ2v) is 7.08. The number of hydrogen-bond donors (Lipinski definition) is 2. The third-order valence-corrected chi connectivity index (χ3v) is 5.05. The summed E-state index contributed by atoms with van der Waals surface area (Å²) in [5, 5.41) is 8.04. The van der Waals surface area contributed by atoms with Crippen molar-refractivity contribution in [2.75, 3.05) is 7.05 Å². The van der Waals surface area contributed by atoms with Crippen LogP contribution in [0, 0.1) is 19.8 Å². The molecule has 1 aromatic heterocycles. The molecule has 1 heterocycles. The summed E-state index contributed by atoms with van der Waals surface area (Å²) < 4.78 is 0. The minimum atomic E-state index is 0. The van der Waals surface area contributed by atoms with Gasteiger partial charge in [-0.2, -0.15) is 0 Å². The van der Waals surface area contributed by atoms with Crippen LogP contribution in [0.15, 0.2) is 4.99 Å². The monoisotopic (exact) mass is 422 g/mol. The maximum absolute atomic E-state index is 4.55. The fourth-order valence-corrected chi connectivity index (χ4v) is 3.60. The fraction of sp³-hybridized carbons (Fsp3) is 0.733. The Labute approximate surface area is 149 Å². The quantitative estimate of drug-likeness (QED) is 0.445. The highest BCUT2D eigenvalue weighted by molar-refractivity contribution is 14.0. The minimum Gasteiger partial charge on any atom is -0.354 e. The summed E-state index contributed by atoms with van der Waals surface area (Å²) in [6.07, 6.45) is 5.18. The van der Waals surface area contributed by atoms with Gasteiger partial charge in [0.1, 0.15) is 5.01 Å². The molecule has 0 spiro atoms. The van der Waals surface area contributed by atoms with Gasteiger partial charge in [-0.25, -0.2) is 4.98 Å². The Balaban J connectivity index is 0.00000220. The molecule has 2 atom stereocenters. The van der Waals surface area contributed by atoms with Crippen molar-refractivity contribution >= 4 is 41.3 Å². The van der Waals surface area contributed by atoms with Gasteiger partial charge in [-0.1, -0.05) is 19.8 Å². The van der Waals surface area contributed by atoms with Gasteiger partial charge in [0.15, 0.2) is 5.96 Å². The number of hydrogen-bond acceptors (Lipinski definition) is 3. The van der Waals surface area contributed by atoms with Crippen LogP contribution in [-0.4, -0.2) is 24.0 Å². The van der Waals surface area contributed by atoms with Crippen molar-refractivity contribution in [2.24, 2.45) is 10.9 Å². The van der Waals surface area contributed by atoms with Crippen molar-refractivity contribution in [3.05, 3.63) is 15.6 Å². The van der Waals surface area contributed by atoms with Gasteiger partial charge in [0.25, 0.3) is 0 Å². The Hall–Kier alpha value is -0.370. The number of rotatable bonds is 3. The molecule has 1 fully saturated rings. The summed E-state index contributed by atoms with van der Waals surface area (Å²) in [5.41, 5.74) is 1.14. The number of guanidine groups is 1. The molecule has 120 valence electrons. The summed E-state index contributed by atoms with van der Waals surface area (Å²) in [6.45, 7) is 7.27. The van der Waals surface area contributed by atoms with Gasteiger partial charge in [0.05, 0.1) is 12.2 Å². The van der Waals surface area contributed by atoms with Crippen molar-refractivity contribution in [2.45, 2.75) is 59.0 Å². The molecule has 6 heteroatoms. The highest BCUT2D eigenvalue weighted by atomic mass is 127. The largest absolute Gasteiger partial charge is 0.354 e. The molecule has 21 heavy (non-hydrogen) atoms. The molecule has 0 saturated heterocycles. The van der Waals surface area contributed by atoms with E-state index in [4.69, 9.17) is 0 Å². The highest BCUT2D eigenvalue weighted by Crippen LogP contribution is 2.23.